The van der Waals surface area contributed by atoms with E-state index in [2.05, 4.69) is 12.2 Å². The lowest BCUT2D eigenvalue weighted by Gasteiger charge is -2.19. The third-order valence-corrected chi connectivity index (χ3v) is 3.99. The van der Waals surface area contributed by atoms with Gasteiger partial charge in [0.1, 0.15) is 0 Å². The quantitative estimate of drug-likeness (QED) is 0.639. The molecule has 0 spiro atoms. The van der Waals surface area contributed by atoms with Crippen LogP contribution < -0.4 is 5.32 Å². The highest BCUT2D eigenvalue weighted by molar-refractivity contribution is 7.99. The molecule has 0 amide bonds. The molecule has 3 heteroatoms. The smallest absolute Gasteiger partial charge is 0.0521 e. The van der Waals surface area contributed by atoms with E-state index in [0.717, 1.165) is 24.3 Å². The fraction of sp³-hybridized carbons (Fsp3) is 1.00. The summed E-state index contributed by atoms with van der Waals surface area (Å²) >= 11 is 1.88. The van der Waals surface area contributed by atoms with Crippen molar-refractivity contribution in [2.75, 3.05) is 24.7 Å². The van der Waals surface area contributed by atoms with Crippen molar-refractivity contribution in [1.82, 2.24) is 5.32 Å². The lowest BCUT2D eigenvalue weighted by Crippen LogP contribution is -2.32. The van der Waals surface area contributed by atoms with E-state index in [1.165, 1.54) is 31.4 Å². The molecule has 0 heterocycles. The van der Waals surface area contributed by atoms with E-state index in [4.69, 9.17) is 5.11 Å². The molecule has 2 nitrogen and oxygen atoms in total. The second kappa shape index (κ2) is 7.55. The molecule has 1 fully saturated rings. The van der Waals surface area contributed by atoms with Crippen LogP contribution in [0, 0.1) is 5.92 Å². The summed E-state index contributed by atoms with van der Waals surface area (Å²) in [5.74, 6) is 3.01. The van der Waals surface area contributed by atoms with Crippen molar-refractivity contribution in [2.45, 2.75) is 38.6 Å². The van der Waals surface area contributed by atoms with Gasteiger partial charge in [0.05, 0.1) is 6.61 Å². The maximum absolute atomic E-state index is 8.66. The minimum Gasteiger partial charge on any atom is -0.396 e. The molecule has 14 heavy (non-hydrogen) atoms. The summed E-state index contributed by atoms with van der Waals surface area (Å²) in [6.07, 6.45) is 5.48. The second-order valence-corrected chi connectivity index (χ2v) is 5.20. The average Bonchev–Trinajstić information content (AvgIpc) is 2.61. The molecule has 2 N–H and O–H groups in total. The minimum atomic E-state index is 0.325. The molecule has 0 aromatic heterocycles. The van der Waals surface area contributed by atoms with Gasteiger partial charge >= 0.3 is 0 Å². The largest absolute Gasteiger partial charge is 0.396 e. The van der Waals surface area contributed by atoms with E-state index in [1.54, 1.807) is 0 Å². The van der Waals surface area contributed by atoms with Gasteiger partial charge < -0.3 is 10.4 Å². The molecule has 1 aliphatic rings. The zero-order valence-corrected chi connectivity index (χ0v) is 9.98. The molecule has 0 radical (unpaired) electrons. The van der Waals surface area contributed by atoms with Gasteiger partial charge in [0.25, 0.3) is 0 Å². The number of thioether (sulfide) groups is 1. The highest BCUT2D eigenvalue weighted by Gasteiger charge is 2.25. The molecule has 0 saturated heterocycles. The molecule has 1 rings (SSSR count). The number of hydrogen-bond donors (Lipinski definition) is 2. The third-order valence-electron chi connectivity index (χ3n) is 2.99. The van der Waals surface area contributed by atoms with Crippen LogP contribution in [0.3, 0.4) is 0 Å². The summed E-state index contributed by atoms with van der Waals surface area (Å²) in [4.78, 5) is 0. The topological polar surface area (TPSA) is 32.3 Å². The van der Waals surface area contributed by atoms with Gasteiger partial charge in [0, 0.05) is 11.8 Å². The molecular weight excluding hydrogens is 194 g/mol. The highest BCUT2D eigenvalue weighted by atomic mass is 32.2. The van der Waals surface area contributed by atoms with E-state index in [9.17, 15) is 0 Å². The van der Waals surface area contributed by atoms with Crippen molar-refractivity contribution in [3.8, 4) is 0 Å². The summed E-state index contributed by atoms with van der Waals surface area (Å²) in [6.45, 7) is 3.62. The summed E-state index contributed by atoms with van der Waals surface area (Å²) in [5, 5.41) is 12.2. The average molecular weight is 217 g/mol. The van der Waals surface area contributed by atoms with Crippen LogP contribution in [0.2, 0.25) is 0 Å². The van der Waals surface area contributed by atoms with Crippen molar-refractivity contribution in [2.24, 2.45) is 5.92 Å². The summed E-state index contributed by atoms with van der Waals surface area (Å²) in [7, 11) is 0. The van der Waals surface area contributed by atoms with E-state index in [-0.39, 0.29) is 0 Å². The molecule has 0 aliphatic heterocycles. The first-order valence-electron chi connectivity index (χ1n) is 5.80. The van der Waals surface area contributed by atoms with Gasteiger partial charge in [-0.05, 0) is 37.5 Å². The van der Waals surface area contributed by atoms with Gasteiger partial charge in [-0.3, -0.25) is 0 Å². The number of hydrogen-bond acceptors (Lipinski definition) is 3. The van der Waals surface area contributed by atoms with Crippen molar-refractivity contribution in [1.29, 1.82) is 0 Å². The standard InChI is InChI=1S/C11H23NOS/c1-2-12-11-5-3-4-10(11)6-8-14-9-7-13/h10-13H,2-9H2,1H3. The normalized spacial score (nSPS) is 27.0. The molecule has 1 aliphatic carbocycles. The van der Waals surface area contributed by atoms with Crippen molar-refractivity contribution >= 4 is 11.8 Å². The first-order valence-corrected chi connectivity index (χ1v) is 6.96. The van der Waals surface area contributed by atoms with E-state index in [1.807, 2.05) is 11.8 Å². The van der Waals surface area contributed by atoms with Crippen LogP contribution in [0.15, 0.2) is 0 Å². The molecule has 2 unspecified atom stereocenters. The number of nitrogens with one attached hydrogen (secondary N) is 1. The first-order chi connectivity index (χ1) is 6.88. The van der Waals surface area contributed by atoms with Crippen LogP contribution in [-0.2, 0) is 0 Å². The number of aliphatic hydroxyl groups is 1. The summed E-state index contributed by atoms with van der Waals surface area (Å²) in [5.41, 5.74) is 0. The fourth-order valence-corrected chi connectivity index (χ4v) is 3.12. The van der Waals surface area contributed by atoms with Gasteiger partial charge in [0.2, 0.25) is 0 Å². The maximum atomic E-state index is 8.66. The molecule has 0 aromatic rings. The number of aliphatic hydroxyl groups excluding tert-OH is 1. The van der Waals surface area contributed by atoms with Gasteiger partial charge in [-0.1, -0.05) is 13.3 Å². The van der Waals surface area contributed by atoms with Crippen LogP contribution in [0.1, 0.15) is 32.6 Å². The lowest BCUT2D eigenvalue weighted by atomic mass is 10.0. The zero-order valence-electron chi connectivity index (χ0n) is 9.17. The maximum Gasteiger partial charge on any atom is 0.0521 e. The SMILES string of the molecule is CCNC1CCCC1CCSCCO. The molecule has 0 aromatic carbocycles. The van der Waals surface area contributed by atoms with Crippen molar-refractivity contribution < 1.29 is 5.11 Å². The van der Waals surface area contributed by atoms with Crippen LogP contribution in [0.25, 0.3) is 0 Å². The predicted octanol–water partition coefficient (Wildman–Crippen LogP) is 1.88. The predicted molar refractivity (Wildman–Crippen MR) is 63.8 cm³/mol. The minimum absolute atomic E-state index is 0.325. The monoisotopic (exact) mass is 217 g/mol. The number of rotatable bonds is 7. The Bertz CT molecular complexity index is 143. The second-order valence-electron chi connectivity index (χ2n) is 3.98. The molecule has 1 saturated carbocycles. The van der Waals surface area contributed by atoms with E-state index < -0.39 is 0 Å². The summed E-state index contributed by atoms with van der Waals surface area (Å²) < 4.78 is 0. The lowest BCUT2D eigenvalue weighted by molar-refractivity contribution is 0.322. The third kappa shape index (κ3) is 4.20. The molecule has 84 valence electrons. The van der Waals surface area contributed by atoms with Crippen LogP contribution in [0.4, 0.5) is 0 Å². The Morgan fingerprint density at radius 1 is 1.36 bits per heavy atom. The van der Waals surface area contributed by atoms with Gasteiger partial charge in [-0.2, -0.15) is 11.8 Å². The zero-order chi connectivity index (χ0) is 10.2. The van der Waals surface area contributed by atoms with Crippen LogP contribution >= 0.6 is 11.8 Å². The highest BCUT2D eigenvalue weighted by Crippen LogP contribution is 2.29. The molecule has 2 atom stereocenters. The van der Waals surface area contributed by atoms with Crippen molar-refractivity contribution in [3.05, 3.63) is 0 Å². The molecule has 0 bridgehead atoms. The Labute approximate surface area is 91.9 Å². The Morgan fingerprint density at radius 2 is 2.21 bits per heavy atom. The van der Waals surface area contributed by atoms with Gasteiger partial charge in [-0.25, -0.2) is 0 Å². The Kier molecular flexibility index (Phi) is 6.65. The Balaban J connectivity index is 2.09. The van der Waals surface area contributed by atoms with Gasteiger partial charge in [0.15, 0.2) is 0 Å². The Hall–Kier alpha value is 0.270. The first kappa shape index (κ1) is 12.3. The van der Waals surface area contributed by atoms with Crippen LogP contribution in [0.5, 0.6) is 0 Å². The Morgan fingerprint density at radius 3 is 2.93 bits per heavy atom. The van der Waals surface area contributed by atoms with E-state index in [0.29, 0.717) is 6.61 Å². The molecular formula is C11H23NOS. The van der Waals surface area contributed by atoms with Gasteiger partial charge in [-0.15, -0.1) is 0 Å². The van der Waals surface area contributed by atoms with Crippen molar-refractivity contribution in [3.63, 3.8) is 0 Å². The van der Waals surface area contributed by atoms with Crippen LogP contribution in [-0.4, -0.2) is 35.8 Å². The van der Waals surface area contributed by atoms with E-state index >= 15 is 0 Å². The fourth-order valence-electron chi connectivity index (χ4n) is 2.31. The summed E-state index contributed by atoms with van der Waals surface area (Å²) in [6, 6.07) is 0.773.